The maximum Gasteiger partial charge on any atom is 0.337 e. The highest BCUT2D eigenvalue weighted by Crippen LogP contribution is 2.29. The van der Waals surface area contributed by atoms with Gasteiger partial charge in [-0.1, -0.05) is 24.3 Å². The molecular formula is C19H17N3O3S. The van der Waals surface area contributed by atoms with Crippen molar-refractivity contribution in [1.29, 1.82) is 0 Å². The smallest absolute Gasteiger partial charge is 0.337 e. The molecule has 3 rings (SSSR count). The summed E-state index contributed by atoms with van der Waals surface area (Å²) in [6.07, 6.45) is 1.78. The SMILES string of the molecule is CN(C)c1ccc(/C=C2\SC(=Nc3ccccc3C(=O)O)NC2=O)cc1. The second-order valence-electron chi connectivity index (χ2n) is 5.79. The number of carbonyl (C=O) groups excluding carboxylic acids is 1. The van der Waals surface area contributed by atoms with E-state index in [1.807, 2.05) is 43.3 Å². The van der Waals surface area contributed by atoms with Gasteiger partial charge in [0.05, 0.1) is 16.2 Å². The Morgan fingerprint density at radius 2 is 1.85 bits per heavy atom. The van der Waals surface area contributed by atoms with Gasteiger partial charge in [-0.25, -0.2) is 9.79 Å². The van der Waals surface area contributed by atoms with Gasteiger partial charge in [-0.05, 0) is 47.7 Å². The number of anilines is 1. The summed E-state index contributed by atoms with van der Waals surface area (Å²) >= 11 is 1.19. The molecule has 0 atom stereocenters. The van der Waals surface area contributed by atoms with E-state index in [0.29, 0.717) is 15.8 Å². The van der Waals surface area contributed by atoms with Crippen LogP contribution in [0.5, 0.6) is 0 Å². The number of aromatic carboxylic acids is 1. The molecule has 1 aliphatic heterocycles. The van der Waals surface area contributed by atoms with E-state index in [9.17, 15) is 14.7 Å². The van der Waals surface area contributed by atoms with Gasteiger partial charge in [0, 0.05) is 19.8 Å². The van der Waals surface area contributed by atoms with Crippen molar-refractivity contribution < 1.29 is 14.7 Å². The molecule has 26 heavy (non-hydrogen) atoms. The van der Waals surface area contributed by atoms with Crippen LogP contribution in [0, 0.1) is 0 Å². The summed E-state index contributed by atoms with van der Waals surface area (Å²) in [5.74, 6) is -1.31. The van der Waals surface area contributed by atoms with Gasteiger partial charge < -0.3 is 15.3 Å². The Morgan fingerprint density at radius 3 is 2.50 bits per heavy atom. The monoisotopic (exact) mass is 367 g/mol. The van der Waals surface area contributed by atoms with Gasteiger partial charge in [-0.3, -0.25) is 4.79 Å². The molecule has 1 saturated heterocycles. The van der Waals surface area contributed by atoms with E-state index in [-0.39, 0.29) is 11.5 Å². The minimum atomic E-state index is -1.06. The van der Waals surface area contributed by atoms with Crippen molar-refractivity contribution in [2.45, 2.75) is 0 Å². The molecule has 0 saturated carbocycles. The van der Waals surface area contributed by atoms with Gasteiger partial charge >= 0.3 is 5.97 Å². The summed E-state index contributed by atoms with van der Waals surface area (Å²) in [6, 6.07) is 14.2. The molecule has 0 unspecified atom stereocenters. The van der Waals surface area contributed by atoms with Crippen LogP contribution < -0.4 is 10.2 Å². The molecule has 2 aromatic carbocycles. The van der Waals surface area contributed by atoms with E-state index in [1.165, 1.54) is 17.8 Å². The topological polar surface area (TPSA) is 82.0 Å². The van der Waals surface area contributed by atoms with Crippen LogP contribution in [-0.4, -0.2) is 36.2 Å². The number of amides is 1. The lowest BCUT2D eigenvalue weighted by molar-refractivity contribution is -0.115. The van der Waals surface area contributed by atoms with Crippen LogP contribution in [-0.2, 0) is 4.79 Å². The molecule has 1 aliphatic rings. The lowest BCUT2D eigenvalue weighted by Crippen LogP contribution is -2.19. The number of carbonyl (C=O) groups is 2. The first-order chi connectivity index (χ1) is 12.4. The largest absolute Gasteiger partial charge is 0.478 e. The van der Waals surface area contributed by atoms with E-state index in [4.69, 9.17) is 0 Å². The van der Waals surface area contributed by atoms with Crippen molar-refractivity contribution in [2.75, 3.05) is 19.0 Å². The second kappa shape index (κ2) is 7.45. The highest BCUT2D eigenvalue weighted by Gasteiger charge is 2.24. The third kappa shape index (κ3) is 3.94. The van der Waals surface area contributed by atoms with E-state index in [0.717, 1.165) is 11.3 Å². The minimum absolute atomic E-state index is 0.0894. The van der Waals surface area contributed by atoms with Gasteiger partial charge in [0.15, 0.2) is 5.17 Å². The van der Waals surface area contributed by atoms with Gasteiger partial charge in [0.25, 0.3) is 5.91 Å². The predicted octanol–water partition coefficient (Wildman–Crippen LogP) is 3.34. The molecule has 7 heteroatoms. The molecule has 2 aromatic rings. The fourth-order valence-electron chi connectivity index (χ4n) is 2.36. The minimum Gasteiger partial charge on any atom is -0.478 e. The second-order valence-corrected chi connectivity index (χ2v) is 6.82. The van der Waals surface area contributed by atoms with Gasteiger partial charge in [0.2, 0.25) is 0 Å². The Morgan fingerprint density at radius 1 is 1.15 bits per heavy atom. The first-order valence-corrected chi connectivity index (χ1v) is 8.65. The number of benzene rings is 2. The molecular weight excluding hydrogens is 350 g/mol. The number of carboxylic acids is 1. The van der Waals surface area contributed by atoms with Crippen molar-refractivity contribution in [2.24, 2.45) is 4.99 Å². The maximum atomic E-state index is 12.2. The summed E-state index contributed by atoms with van der Waals surface area (Å²) in [5.41, 5.74) is 2.37. The number of amidine groups is 1. The number of nitrogens with zero attached hydrogens (tertiary/aromatic N) is 2. The third-order valence-electron chi connectivity index (χ3n) is 3.71. The van der Waals surface area contributed by atoms with Crippen molar-refractivity contribution in [3.05, 3.63) is 64.6 Å². The molecule has 132 valence electrons. The van der Waals surface area contributed by atoms with Crippen LogP contribution in [0.1, 0.15) is 15.9 Å². The van der Waals surface area contributed by atoms with Crippen LogP contribution in [0.2, 0.25) is 0 Å². The first kappa shape index (κ1) is 17.8. The first-order valence-electron chi connectivity index (χ1n) is 7.83. The number of hydrogen-bond donors (Lipinski definition) is 2. The quantitative estimate of drug-likeness (QED) is 0.810. The predicted molar refractivity (Wildman–Crippen MR) is 105 cm³/mol. The third-order valence-corrected chi connectivity index (χ3v) is 4.62. The maximum absolute atomic E-state index is 12.2. The van der Waals surface area contributed by atoms with Crippen LogP contribution in [0.15, 0.2) is 58.4 Å². The molecule has 1 amide bonds. The molecule has 0 aliphatic carbocycles. The summed E-state index contributed by atoms with van der Waals surface area (Å²) in [4.78, 5) is 30.2. The van der Waals surface area contributed by atoms with Gasteiger partial charge in [-0.2, -0.15) is 0 Å². The highest BCUT2D eigenvalue weighted by atomic mass is 32.2. The highest BCUT2D eigenvalue weighted by molar-refractivity contribution is 8.18. The Hall–Kier alpha value is -3.06. The summed E-state index contributed by atoms with van der Waals surface area (Å²) in [7, 11) is 3.93. The number of thioether (sulfide) groups is 1. The van der Waals surface area contributed by atoms with E-state index >= 15 is 0 Å². The number of nitrogens with one attached hydrogen (secondary N) is 1. The Kier molecular flexibility index (Phi) is 5.09. The van der Waals surface area contributed by atoms with Crippen molar-refractivity contribution in [1.82, 2.24) is 5.32 Å². The van der Waals surface area contributed by atoms with Crippen LogP contribution in [0.3, 0.4) is 0 Å². The summed E-state index contributed by atoms with van der Waals surface area (Å²) in [6.45, 7) is 0. The Labute approximate surface area is 155 Å². The van der Waals surface area contributed by atoms with E-state index in [2.05, 4.69) is 10.3 Å². The average Bonchev–Trinajstić information content (AvgIpc) is 2.95. The molecule has 6 nitrogen and oxygen atoms in total. The van der Waals surface area contributed by atoms with Crippen molar-refractivity contribution in [3.63, 3.8) is 0 Å². The van der Waals surface area contributed by atoms with E-state index < -0.39 is 5.97 Å². The molecule has 0 spiro atoms. The molecule has 0 radical (unpaired) electrons. The molecule has 0 aromatic heterocycles. The van der Waals surface area contributed by atoms with Crippen molar-refractivity contribution >= 4 is 46.3 Å². The average molecular weight is 367 g/mol. The Balaban J connectivity index is 1.83. The molecule has 0 bridgehead atoms. The summed E-state index contributed by atoms with van der Waals surface area (Å²) < 4.78 is 0. The standard InChI is InChI=1S/C19H17N3O3S/c1-22(2)13-9-7-12(8-10-13)11-16-17(23)21-19(26-16)20-15-6-4-3-5-14(15)18(24)25/h3-11H,1-2H3,(H,24,25)(H,20,21,23)/b16-11-. The van der Waals surface area contributed by atoms with Crippen molar-refractivity contribution in [3.8, 4) is 0 Å². The fourth-order valence-corrected chi connectivity index (χ4v) is 3.20. The lowest BCUT2D eigenvalue weighted by Gasteiger charge is -2.11. The van der Waals surface area contributed by atoms with Crippen LogP contribution in [0.4, 0.5) is 11.4 Å². The van der Waals surface area contributed by atoms with E-state index in [1.54, 1.807) is 24.3 Å². The summed E-state index contributed by atoms with van der Waals surface area (Å²) in [5, 5.41) is 12.3. The zero-order chi connectivity index (χ0) is 18.7. The van der Waals surface area contributed by atoms with Gasteiger partial charge in [0.1, 0.15) is 0 Å². The molecule has 2 N–H and O–H groups in total. The van der Waals surface area contributed by atoms with Crippen LogP contribution in [0.25, 0.3) is 6.08 Å². The number of aliphatic imine (C=N–C) groups is 1. The zero-order valence-corrected chi connectivity index (χ0v) is 15.1. The lowest BCUT2D eigenvalue weighted by atomic mass is 10.2. The van der Waals surface area contributed by atoms with Crippen LogP contribution >= 0.6 is 11.8 Å². The Bertz CT molecular complexity index is 918. The number of carboxylic acid groups (broad SMARTS) is 1. The fraction of sp³-hybridized carbons (Fsp3) is 0.105. The van der Waals surface area contributed by atoms with Gasteiger partial charge in [-0.15, -0.1) is 0 Å². The zero-order valence-electron chi connectivity index (χ0n) is 14.3. The molecule has 1 heterocycles. The molecule has 1 fully saturated rings. The normalized spacial score (nSPS) is 16.8. The number of hydrogen-bond acceptors (Lipinski definition) is 5. The number of rotatable bonds is 4. The number of para-hydroxylation sites is 1.